The number of ketones is 1. The molecule has 0 saturated heterocycles. The van der Waals surface area contributed by atoms with E-state index in [1.54, 1.807) is 25.1 Å². The van der Waals surface area contributed by atoms with Crippen LogP contribution in [0.2, 0.25) is 0 Å². The second-order valence-electron chi connectivity index (χ2n) is 4.76. The Balaban J connectivity index is 3.27. The zero-order valence-corrected chi connectivity index (χ0v) is 13.0. The van der Waals surface area contributed by atoms with Gasteiger partial charge in [0.1, 0.15) is 0 Å². The van der Waals surface area contributed by atoms with Crippen molar-refractivity contribution in [2.45, 2.75) is 38.1 Å². The summed E-state index contributed by atoms with van der Waals surface area (Å²) in [7, 11) is -3.62. The topological polar surface area (TPSA) is 54.5 Å². The van der Waals surface area contributed by atoms with Gasteiger partial charge in [0, 0.05) is 24.6 Å². The molecule has 0 radical (unpaired) electrons. The maximum Gasteiger partial charge on any atom is 0.243 e. The van der Waals surface area contributed by atoms with Gasteiger partial charge in [-0.1, -0.05) is 25.1 Å². The molecule has 0 N–H and O–H groups in total. The van der Waals surface area contributed by atoms with Gasteiger partial charge < -0.3 is 0 Å². The highest BCUT2D eigenvalue weighted by molar-refractivity contribution is 7.89. The Bertz CT molecular complexity index is 591. The van der Waals surface area contributed by atoms with Gasteiger partial charge in [-0.15, -0.1) is 6.58 Å². The first-order valence-corrected chi connectivity index (χ1v) is 8.04. The van der Waals surface area contributed by atoms with Crippen LogP contribution in [0.25, 0.3) is 0 Å². The van der Waals surface area contributed by atoms with Crippen molar-refractivity contribution in [2.75, 3.05) is 6.54 Å². The zero-order valence-electron chi connectivity index (χ0n) is 12.2. The van der Waals surface area contributed by atoms with Crippen molar-refractivity contribution >= 4 is 15.8 Å². The lowest BCUT2D eigenvalue weighted by atomic mass is 10.1. The summed E-state index contributed by atoms with van der Waals surface area (Å²) in [5.41, 5.74) is 0.427. The van der Waals surface area contributed by atoms with E-state index in [4.69, 9.17) is 0 Å². The lowest BCUT2D eigenvalue weighted by Crippen LogP contribution is -2.37. The first-order valence-electron chi connectivity index (χ1n) is 6.60. The number of sulfonamides is 1. The van der Waals surface area contributed by atoms with E-state index >= 15 is 0 Å². The molecule has 20 heavy (non-hydrogen) atoms. The first-order chi connectivity index (χ1) is 9.34. The fraction of sp³-hybridized carbons (Fsp3) is 0.400. The van der Waals surface area contributed by atoms with Crippen molar-refractivity contribution in [3.8, 4) is 0 Å². The third kappa shape index (κ3) is 3.55. The van der Waals surface area contributed by atoms with Crippen molar-refractivity contribution in [2.24, 2.45) is 0 Å². The molecule has 0 heterocycles. The number of rotatable bonds is 7. The van der Waals surface area contributed by atoms with Gasteiger partial charge in [-0.25, -0.2) is 8.42 Å². The average Bonchev–Trinajstić information content (AvgIpc) is 2.43. The Labute approximate surface area is 121 Å². The summed E-state index contributed by atoms with van der Waals surface area (Å²) in [6.07, 6.45) is 1.91. The van der Waals surface area contributed by atoms with Gasteiger partial charge in [0.2, 0.25) is 10.0 Å². The summed E-state index contributed by atoms with van der Waals surface area (Å²) < 4.78 is 26.5. The van der Waals surface area contributed by atoms with Gasteiger partial charge >= 0.3 is 0 Å². The van der Waals surface area contributed by atoms with E-state index in [2.05, 4.69) is 6.58 Å². The quantitative estimate of drug-likeness (QED) is 0.574. The van der Waals surface area contributed by atoms with E-state index < -0.39 is 10.0 Å². The predicted molar refractivity (Wildman–Crippen MR) is 80.3 cm³/mol. The second-order valence-corrected chi connectivity index (χ2v) is 6.65. The van der Waals surface area contributed by atoms with Crippen molar-refractivity contribution < 1.29 is 13.2 Å². The SMILES string of the molecule is C=CCN(C(C)C)S(=O)(=O)c1cccc(C(=O)CC)c1. The third-order valence-electron chi connectivity index (χ3n) is 2.97. The Morgan fingerprint density at radius 2 is 2.05 bits per heavy atom. The molecule has 1 aromatic carbocycles. The Kier molecular flexibility index (Phi) is 5.65. The monoisotopic (exact) mass is 295 g/mol. The minimum atomic E-state index is -3.62. The minimum Gasteiger partial charge on any atom is -0.294 e. The second kappa shape index (κ2) is 6.81. The van der Waals surface area contributed by atoms with Crippen molar-refractivity contribution in [3.63, 3.8) is 0 Å². The van der Waals surface area contributed by atoms with E-state index in [1.807, 2.05) is 13.8 Å². The summed E-state index contributed by atoms with van der Waals surface area (Å²) in [4.78, 5) is 11.8. The summed E-state index contributed by atoms with van der Waals surface area (Å²) in [5.74, 6) is -0.0677. The fourth-order valence-corrected chi connectivity index (χ4v) is 3.54. The van der Waals surface area contributed by atoms with Crippen LogP contribution in [-0.2, 0) is 10.0 Å². The number of nitrogens with zero attached hydrogens (tertiary/aromatic N) is 1. The first kappa shape index (κ1) is 16.6. The largest absolute Gasteiger partial charge is 0.294 e. The van der Waals surface area contributed by atoms with Gasteiger partial charge in [0.05, 0.1) is 4.90 Å². The number of hydrogen-bond donors (Lipinski definition) is 0. The van der Waals surface area contributed by atoms with E-state index in [1.165, 1.54) is 16.4 Å². The van der Waals surface area contributed by atoms with Crippen LogP contribution in [0.4, 0.5) is 0 Å². The number of carbonyl (C=O) groups is 1. The maximum absolute atomic E-state index is 12.6. The van der Waals surface area contributed by atoms with Crippen LogP contribution in [0.1, 0.15) is 37.6 Å². The van der Waals surface area contributed by atoms with Gasteiger partial charge in [-0.05, 0) is 26.0 Å². The normalized spacial score (nSPS) is 11.8. The summed E-state index contributed by atoms with van der Waals surface area (Å²) in [5, 5.41) is 0. The van der Waals surface area contributed by atoms with Gasteiger partial charge in [0.15, 0.2) is 5.78 Å². The van der Waals surface area contributed by atoms with Gasteiger partial charge in [-0.3, -0.25) is 4.79 Å². The van der Waals surface area contributed by atoms with E-state index in [9.17, 15) is 13.2 Å². The van der Waals surface area contributed by atoms with Gasteiger partial charge in [0.25, 0.3) is 0 Å². The lowest BCUT2D eigenvalue weighted by molar-refractivity contribution is 0.0988. The highest BCUT2D eigenvalue weighted by atomic mass is 32.2. The molecule has 110 valence electrons. The molecule has 4 nitrogen and oxygen atoms in total. The van der Waals surface area contributed by atoms with Crippen LogP contribution in [0, 0.1) is 0 Å². The van der Waals surface area contributed by atoms with Crippen LogP contribution < -0.4 is 0 Å². The molecule has 0 unspecified atom stereocenters. The summed E-state index contributed by atoms with van der Waals surface area (Å²) in [6.45, 7) is 9.20. The van der Waals surface area contributed by atoms with Crippen LogP contribution in [-0.4, -0.2) is 31.1 Å². The molecule has 0 fully saturated rings. The third-order valence-corrected chi connectivity index (χ3v) is 5.01. The van der Waals surface area contributed by atoms with Gasteiger partial charge in [-0.2, -0.15) is 4.31 Å². The molecular formula is C15H21NO3S. The molecule has 1 rings (SSSR count). The molecule has 0 aliphatic rings. The maximum atomic E-state index is 12.6. The van der Waals surface area contributed by atoms with Crippen LogP contribution in [0.5, 0.6) is 0 Å². The minimum absolute atomic E-state index is 0.0677. The molecule has 0 aromatic heterocycles. The Morgan fingerprint density at radius 3 is 2.55 bits per heavy atom. The molecule has 0 spiro atoms. The number of carbonyl (C=O) groups excluding carboxylic acids is 1. The molecule has 0 aliphatic heterocycles. The number of hydrogen-bond acceptors (Lipinski definition) is 3. The van der Waals surface area contributed by atoms with Crippen molar-refractivity contribution in [3.05, 3.63) is 42.5 Å². The van der Waals surface area contributed by atoms with E-state index in [0.29, 0.717) is 12.0 Å². The average molecular weight is 295 g/mol. The number of benzene rings is 1. The number of Topliss-reactive ketones (excluding diaryl/α,β-unsaturated/α-hetero) is 1. The highest BCUT2D eigenvalue weighted by Gasteiger charge is 2.26. The fourth-order valence-electron chi connectivity index (χ4n) is 1.88. The van der Waals surface area contributed by atoms with E-state index in [-0.39, 0.29) is 23.3 Å². The molecule has 1 aromatic rings. The molecule has 0 atom stereocenters. The predicted octanol–water partition coefficient (Wildman–Crippen LogP) is 2.86. The molecule has 0 amide bonds. The Hall–Kier alpha value is -1.46. The summed E-state index contributed by atoms with van der Waals surface area (Å²) >= 11 is 0. The lowest BCUT2D eigenvalue weighted by Gasteiger charge is -2.24. The Morgan fingerprint density at radius 1 is 1.40 bits per heavy atom. The van der Waals surface area contributed by atoms with E-state index in [0.717, 1.165) is 0 Å². The van der Waals surface area contributed by atoms with Crippen LogP contribution in [0.15, 0.2) is 41.8 Å². The summed E-state index contributed by atoms with van der Waals surface area (Å²) in [6, 6.07) is 6.02. The molecule has 0 saturated carbocycles. The van der Waals surface area contributed by atoms with Crippen LogP contribution in [0.3, 0.4) is 0 Å². The molecular weight excluding hydrogens is 274 g/mol. The molecule has 0 bridgehead atoms. The highest BCUT2D eigenvalue weighted by Crippen LogP contribution is 2.20. The zero-order chi connectivity index (χ0) is 15.3. The van der Waals surface area contributed by atoms with Crippen molar-refractivity contribution in [1.29, 1.82) is 0 Å². The standard InChI is InChI=1S/C15H21NO3S/c1-5-10-16(12(3)4)20(18,19)14-9-7-8-13(11-14)15(17)6-2/h5,7-9,11-12H,1,6,10H2,2-4H3. The van der Waals surface area contributed by atoms with Crippen molar-refractivity contribution in [1.82, 2.24) is 4.31 Å². The molecule has 5 heteroatoms. The smallest absolute Gasteiger partial charge is 0.243 e. The van der Waals surface area contributed by atoms with Crippen LogP contribution >= 0.6 is 0 Å². The molecule has 0 aliphatic carbocycles.